The molecule has 0 aromatic carbocycles. The largest absolute Gasteiger partial charge is 0.394 e. The van der Waals surface area contributed by atoms with Crippen LogP contribution < -0.4 is 10.6 Å². The summed E-state index contributed by atoms with van der Waals surface area (Å²) >= 11 is 0. The highest BCUT2D eigenvalue weighted by Gasteiger charge is 2.34. The zero-order chi connectivity index (χ0) is 12.7. The van der Waals surface area contributed by atoms with Crippen molar-refractivity contribution in [3.8, 4) is 0 Å². The van der Waals surface area contributed by atoms with Gasteiger partial charge in [-0.05, 0) is 39.2 Å². The second-order valence-electron chi connectivity index (χ2n) is 4.85. The molecule has 100 valence electrons. The highest BCUT2D eigenvalue weighted by molar-refractivity contribution is 5.86. The molecule has 2 atom stereocenters. The van der Waals surface area contributed by atoms with E-state index in [4.69, 9.17) is 4.74 Å². The van der Waals surface area contributed by atoms with Crippen molar-refractivity contribution in [3.05, 3.63) is 0 Å². The zero-order valence-electron chi connectivity index (χ0n) is 10.8. The summed E-state index contributed by atoms with van der Waals surface area (Å²) in [4.78, 5) is 12.1. The Hall–Kier alpha value is -0.650. The molecule has 1 fully saturated rings. The molecule has 1 aliphatic heterocycles. The molecule has 0 aliphatic carbocycles. The van der Waals surface area contributed by atoms with Gasteiger partial charge < -0.3 is 20.5 Å². The molecule has 2 unspecified atom stereocenters. The number of carbonyl (C=O) groups is 1. The lowest BCUT2D eigenvalue weighted by atomic mass is 9.90. The second-order valence-corrected chi connectivity index (χ2v) is 4.85. The maximum Gasteiger partial charge on any atom is 0.240 e. The first-order valence-electron chi connectivity index (χ1n) is 6.28. The number of hydrogen-bond donors (Lipinski definition) is 3. The summed E-state index contributed by atoms with van der Waals surface area (Å²) in [6, 6.07) is -0.219. The van der Waals surface area contributed by atoms with Gasteiger partial charge in [0.2, 0.25) is 5.91 Å². The van der Waals surface area contributed by atoms with Crippen molar-refractivity contribution < 1.29 is 14.6 Å². The van der Waals surface area contributed by atoms with E-state index in [0.29, 0.717) is 13.0 Å². The van der Waals surface area contributed by atoms with Crippen LogP contribution in [0.5, 0.6) is 0 Å². The summed E-state index contributed by atoms with van der Waals surface area (Å²) in [6.45, 7) is 3.29. The first-order chi connectivity index (χ1) is 8.12. The first-order valence-corrected chi connectivity index (χ1v) is 6.28. The topological polar surface area (TPSA) is 70.6 Å². The molecular weight excluding hydrogens is 220 g/mol. The molecule has 0 radical (unpaired) electrons. The van der Waals surface area contributed by atoms with Crippen LogP contribution in [0, 0.1) is 0 Å². The summed E-state index contributed by atoms with van der Waals surface area (Å²) in [5.41, 5.74) is -0.487. The minimum Gasteiger partial charge on any atom is -0.394 e. The molecule has 5 nitrogen and oxygen atoms in total. The average molecular weight is 244 g/mol. The molecule has 0 spiro atoms. The number of amides is 1. The lowest BCUT2D eigenvalue weighted by molar-refractivity contribution is -0.129. The number of ether oxygens (including phenoxy) is 1. The number of rotatable bonds is 6. The summed E-state index contributed by atoms with van der Waals surface area (Å²) in [6.07, 6.45) is 3.67. The van der Waals surface area contributed by atoms with Gasteiger partial charge in [0, 0.05) is 13.7 Å². The Kier molecular flexibility index (Phi) is 5.88. The minimum absolute atomic E-state index is 0.0210. The number of hydrogen-bond acceptors (Lipinski definition) is 4. The Morgan fingerprint density at radius 2 is 2.35 bits per heavy atom. The molecule has 1 rings (SSSR count). The van der Waals surface area contributed by atoms with Crippen LogP contribution >= 0.6 is 0 Å². The van der Waals surface area contributed by atoms with E-state index < -0.39 is 5.54 Å². The second kappa shape index (κ2) is 6.93. The molecule has 0 aromatic heterocycles. The molecule has 17 heavy (non-hydrogen) atoms. The van der Waals surface area contributed by atoms with E-state index in [-0.39, 0.29) is 18.6 Å². The monoisotopic (exact) mass is 244 g/mol. The lowest BCUT2D eigenvalue weighted by Crippen LogP contribution is -2.59. The third-order valence-electron chi connectivity index (χ3n) is 3.35. The van der Waals surface area contributed by atoms with E-state index in [1.165, 1.54) is 0 Å². The summed E-state index contributed by atoms with van der Waals surface area (Å²) in [7, 11) is 1.61. The number of nitrogens with one attached hydrogen (secondary N) is 2. The van der Waals surface area contributed by atoms with Crippen molar-refractivity contribution in [2.45, 2.75) is 44.2 Å². The lowest BCUT2D eigenvalue weighted by Gasteiger charge is -2.34. The Balaban J connectivity index is 2.45. The van der Waals surface area contributed by atoms with Crippen LogP contribution in [0.3, 0.4) is 0 Å². The van der Waals surface area contributed by atoms with Crippen LogP contribution in [0.4, 0.5) is 0 Å². The van der Waals surface area contributed by atoms with Crippen molar-refractivity contribution in [1.29, 1.82) is 0 Å². The molecule has 0 bridgehead atoms. The summed E-state index contributed by atoms with van der Waals surface area (Å²) in [5.74, 6) is -0.0210. The Labute approximate surface area is 103 Å². The summed E-state index contributed by atoms with van der Waals surface area (Å²) < 4.78 is 4.95. The van der Waals surface area contributed by atoms with Gasteiger partial charge in [0.1, 0.15) is 0 Å². The van der Waals surface area contributed by atoms with Crippen molar-refractivity contribution in [3.63, 3.8) is 0 Å². The van der Waals surface area contributed by atoms with Gasteiger partial charge in [0.25, 0.3) is 0 Å². The first kappa shape index (κ1) is 14.4. The van der Waals surface area contributed by atoms with Crippen LogP contribution in [0.15, 0.2) is 0 Å². The third kappa shape index (κ3) is 4.26. The molecule has 3 N–H and O–H groups in total. The minimum atomic E-state index is -0.487. The Morgan fingerprint density at radius 1 is 1.59 bits per heavy atom. The quantitative estimate of drug-likeness (QED) is 0.616. The smallest absolute Gasteiger partial charge is 0.240 e. The van der Waals surface area contributed by atoms with E-state index in [9.17, 15) is 9.90 Å². The number of aliphatic hydroxyl groups excluding tert-OH is 1. The number of aliphatic hydroxyl groups is 1. The van der Waals surface area contributed by atoms with E-state index in [1.54, 1.807) is 7.11 Å². The van der Waals surface area contributed by atoms with Gasteiger partial charge in [0.15, 0.2) is 0 Å². The molecule has 1 aliphatic rings. The molecule has 1 saturated heterocycles. The van der Waals surface area contributed by atoms with Gasteiger partial charge >= 0.3 is 0 Å². The van der Waals surface area contributed by atoms with Gasteiger partial charge in [-0.3, -0.25) is 4.79 Å². The van der Waals surface area contributed by atoms with E-state index >= 15 is 0 Å². The maximum atomic E-state index is 12.1. The van der Waals surface area contributed by atoms with Gasteiger partial charge in [-0.25, -0.2) is 0 Å². The standard InChI is InChI=1S/C12H24N2O3/c1-12(6-3-4-7-13-12)11(16)14-10(9-15)5-8-17-2/h10,13,15H,3-9H2,1-2H3,(H,14,16). The zero-order valence-corrected chi connectivity index (χ0v) is 10.8. The van der Waals surface area contributed by atoms with Crippen LogP contribution in [-0.4, -0.2) is 49.5 Å². The van der Waals surface area contributed by atoms with Crippen molar-refractivity contribution in [2.24, 2.45) is 0 Å². The fraction of sp³-hybridized carbons (Fsp3) is 0.917. The number of carbonyl (C=O) groups excluding carboxylic acids is 1. The molecule has 0 aromatic rings. The number of methoxy groups -OCH3 is 1. The van der Waals surface area contributed by atoms with Crippen LogP contribution in [0.1, 0.15) is 32.6 Å². The van der Waals surface area contributed by atoms with Gasteiger partial charge in [-0.15, -0.1) is 0 Å². The molecule has 1 heterocycles. The van der Waals surface area contributed by atoms with Gasteiger partial charge in [-0.2, -0.15) is 0 Å². The highest BCUT2D eigenvalue weighted by atomic mass is 16.5. The fourth-order valence-corrected chi connectivity index (χ4v) is 2.06. The SMILES string of the molecule is COCCC(CO)NC(=O)C1(C)CCCCN1. The van der Waals surface area contributed by atoms with Crippen molar-refractivity contribution in [2.75, 3.05) is 26.9 Å². The molecule has 1 amide bonds. The maximum absolute atomic E-state index is 12.1. The summed E-state index contributed by atoms with van der Waals surface area (Å²) in [5, 5.41) is 15.3. The van der Waals surface area contributed by atoms with E-state index in [1.807, 2.05) is 6.92 Å². The van der Waals surface area contributed by atoms with Crippen LogP contribution in [-0.2, 0) is 9.53 Å². The van der Waals surface area contributed by atoms with Crippen LogP contribution in [0.25, 0.3) is 0 Å². The van der Waals surface area contributed by atoms with Crippen molar-refractivity contribution in [1.82, 2.24) is 10.6 Å². The van der Waals surface area contributed by atoms with Crippen LogP contribution in [0.2, 0.25) is 0 Å². The predicted molar refractivity (Wildman–Crippen MR) is 65.8 cm³/mol. The number of piperidine rings is 1. The van der Waals surface area contributed by atoms with Gasteiger partial charge in [-0.1, -0.05) is 0 Å². The fourth-order valence-electron chi connectivity index (χ4n) is 2.06. The van der Waals surface area contributed by atoms with Gasteiger partial charge in [0.05, 0.1) is 18.2 Å². The Morgan fingerprint density at radius 3 is 2.88 bits per heavy atom. The normalized spacial score (nSPS) is 26.5. The molecular formula is C12H24N2O3. The molecule has 0 saturated carbocycles. The highest BCUT2D eigenvalue weighted by Crippen LogP contribution is 2.19. The van der Waals surface area contributed by atoms with Crippen molar-refractivity contribution >= 4 is 5.91 Å². The third-order valence-corrected chi connectivity index (χ3v) is 3.35. The Bertz CT molecular complexity index is 240. The predicted octanol–water partition coefficient (Wildman–Crippen LogP) is 0.0322. The molecule has 5 heteroatoms. The van der Waals surface area contributed by atoms with E-state index in [2.05, 4.69) is 10.6 Å². The van der Waals surface area contributed by atoms with E-state index in [0.717, 1.165) is 25.8 Å². The average Bonchev–Trinajstić information content (AvgIpc) is 2.35.